The van der Waals surface area contributed by atoms with Gasteiger partial charge in [-0.1, -0.05) is 30.0 Å². The molecular formula is C13H9BrN2OS2. The van der Waals surface area contributed by atoms with Gasteiger partial charge in [0, 0.05) is 11.3 Å². The van der Waals surface area contributed by atoms with Crippen LogP contribution in [0, 0.1) is 0 Å². The van der Waals surface area contributed by atoms with Crippen LogP contribution >= 0.6 is 39.0 Å². The molecule has 0 aliphatic heterocycles. The molecular weight excluding hydrogens is 344 g/mol. The van der Waals surface area contributed by atoms with Crippen molar-refractivity contribution in [3.05, 3.63) is 51.1 Å². The summed E-state index contributed by atoms with van der Waals surface area (Å²) >= 11 is 6.68. The first-order valence-corrected chi connectivity index (χ1v) is 8.22. The fourth-order valence-corrected chi connectivity index (χ4v) is 3.54. The van der Waals surface area contributed by atoms with Crippen molar-refractivity contribution in [2.45, 2.75) is 11.0 Å². The van der Waals surface area contributed by atoms with Gasteiger partial charge in [0.1, 0.15) is 0 Å². The molecule has 0 radical (unpaired) electrons. The predicted octanol–water partition coefficient (Wildman–Crippen LogP) is 4.85. The van der Waals surface area contributed by atoms with E-state index in [9.17, 15) is 0 Å². The smallest absolute Gasteiger partial charge is 0.277 e. The molecule has 3 rings (SSSR count). The van der Waals surface area contributed by atoms with Crippen LogP contribution in [-0.2, 0) is 5.75 Å². The van der Waals surface area contributed by atoms with Crippen molar-refractivity contribution in [3.8, 4) is 11.5 Å². The normalized spacial score (nSPS) is 10.8. The maximum atomic E-state index is 5.63. The Bertz CT molecular complexity index is 666. The van der Waals surface area contributed by atoms with Gasteiger partial charge in [0.25, 0.3) is 5.22 Å². The Morgan fingerprint density at radius 3 is 2.79 bits per heavy atom. The zero-order valence-corrected chi connectivity index (χ0v) is 13.0. The van der Waals surface area contributed by atoms with Crippen LogP contribution in [-0.4, -0.2) is 10.2 Å². The van der Waals surface area contributed by atoms with Crippen LogP contribution in [0.4, 0.5) is 0 Å². The quantitative estimate of drug-likeness (QED) is 0.629. The summed E-state index contributed by atoms with van der Waals surface area (Å²) in [7, 11) is 0. The summed E-state index contributed by atoms with van der Waals surface area (Å²) in [6.07, 6.45) is 0. The van der Waals surface area contributed by atoms with E-state index in [0.717, 1.165) is 15.1 Å². The minimum absolute atomic E-state index is 0.564. The third-order valence-corrected chi connectivity index (χ3v) is 4.85. The molecule has 0 bridgehead atoms. The molecule has 3 aromatic rings. The van der Waals surface area contributed by atoms with Crippen LogP contribution in [0.15, 0.2) is 55.2 Å². The highest BCUT2D eigenvalue weighted by Gasteiger charge is 2.09. The number of benzene rings is 1. The fraction of sp³-hybridized carbons (Fsp3) is 0.0769. The van der Waals surface area contributed by atoms with Gasteiger partial charge in [-0.05, 0) is 45.1 Å². The van der Waals surface area contributed by atoms with Crippen molar-refractivity contribution in [1.82, 2.24) is 10.2 Å². The number of thioether (sulfide) groups is 1. The van der Waals surface area contributed by atoms with Gasteiger partial charge >= 0.3 is 0 Å². The van der Waals surface area contributed by atoms with E-state index >= 15 is 0 Å². The highest BCUT2D eigenvalue weighted by Crippen LogP contribution is 2.28. The second-order valence-corrected chi connectivity index (χ2v) is 7.00. The number of hydrogen-bond acceptors (Lipinski definition) is 5. The second kappa shape index (κ2) is 5.90. The van der Waals surface area contributed by atoms with Crippen molar-refractivity contribution in [2.75, 3.05) is 0 Å². The van der Waals surface area contributed by atoms with E-state index in [2.05, 4.69) is 37.6 Å². The minimum atomic E-state index is 0.564. The Kier molecular flexibility index (Phi) is 4.00. The Balaban J connectivity index is 1.68. The lowest BCUT2D eigenvalue weighted by Crippen LogP contribution is -1.76. The van der Waals surface area contributed by atoms with Gasteiger partial charge in [0.2, 0.25) is 5.89 Å². The molecule has 0 fully saturated rings. The first-order chi connectivity index (χ1) is 9.31. The number of halogens is 1. The largest absolute Gasteiger partial charge is 0.411 e. The molecule has 1 aromatic carbocycles. The molecule has 0 aliphatic rings. The van der Waals surface area contributed by atoms with Crippen LogP contribution in [0.1, 0.15) is 5.56 Å². The van der Waals surface area contributed by atoms with E-state index in [4.69, 9.17) is 4.42 Å². The Hall–Kier alpha value is -1.11. The molecule has 0 unspecified atom stereocenters. The molecule has 2 heterocycles. The monoisotopic (exact) mass is 352 g/mol. The molecule has 0 saturated heterocycles. The van der Waals surface area contributed by atoms with Crippen molar-refractivity contribution in [2.24, 2.45) is 0 Å². The third kappa shape index (κ3) is 3.26. The van der Waals surface area contributed by atoms with Crippen LogP contribution in [0.25, 0.3) is 11.5 Å². The molecule has 0 aliphatic carbocycles. The van der Waals surface area contributed by atoms with E-state index in [-0.39, 0.29) is 0 Å². The van der Waals surface area contributed by atoms with Crippen molar-refractivity contribution in [1.29, 1.82) is 0 Å². The third-order valence-electron chi connectivity index (χ3n) is 2.41. The van der Waals surface area contributed by atoms with Gasteiger partial charge in [0.05, 0.1) is 3.79 Å². The Labute approximate surface area is 127 Å². The highest BCUT2D eigenvalue weighted by molar-refractivity contribution is 9.11. The maximum absolute atomic E-state index is 5.63. The lowest BCUT2D eigenvalue weighted by molar-refractivity contribution is 0.466. The van der Waals surface area contributed by atoms with Gasteiger partial charge in [0.15, 0.2) is 0 Å². The lowest BCUT2D eigenvalue weighted by atomic mass is 10.2. The topological polar surface area (TPSA) is 38.9 Å². The zero-order valence-electron chi connectivity index (χ0n) is 9.75. The summed E-state index contributed by atoms with van der Waals surface area (Å²) in [5.41, 5.74) is 2.20. The first kappa shape index (κ1) is 12.9. The standard InChI is InChI=1S/C13H9BrN2OS2/c14-11-6-9(7-18-11)8-19-13-16-15-12(17-13)10-4-2-1-3-5-10/h1-7H,8H2. The molecule has 6 heteroatoms. The number of aromatic nitrogens is 2. The average molecular weight is 353 g/mol. The van der Waals surface area contributed by atoms with Crippen molar-refractivity contribution < 1.29 is 4.42 Å². The molecule has 2 aromatic heterocycles. The molecule has 0 saturated carbocycles. The van der Waals surface area contributed by atoms with Crippen molar-refractivity contribution in [3.63, 3.8) is 0 Å². The van der Waals surface area contributed by atoms with E-state index < -0.39 is 0 Å². The van der Waals surface area contributed by atoms with E-state index in [1.54, 1.807) is 23.1 Å². The van der Waals surface area contributed by atoms with Gasteiger partial charge in [-0.15, -0.1) is 21.5 Å². The van der Waals surface area contributed by atoms with Crippen LogP contribution in [0.5, 0.6) is 0 Å². The summed E-state index contributed by atoms with van der Waals surface area (Å²) in [5, 5.41) is 10.8. The second-order valence-electron chi connectivity index (χ2n) is 3.79. The van der Waals surface area contributed by atoms with E-state index in [0.29, 0.717) is 11.1 Å². The molecule has 3 nitrogen and oxygen atoms in total. The lowest BCUT2D eigenvalue weighted by Gasteiger charge is -1.93. The first-order valence-electron chi connectivity index (χ1n) is 5.56. The van der Waals surface area contributed by atoms with Gasteiger partial charge in [-0.3, -0.25) is 0 Å². The van der Waals surface area contributed by atoms with Gasteiger partial charge in [-0.25, -0.2) is 0 Å². The molecule has 0 atom stereocenters. The molecule has 0 spiro atoms. The van der Waals surface area contributed by atoms with Crippen LogP contribution < -0.4 is 0 Å². The summed E-state index contributed by atoms with van der Waals surface area (Å²) in [4.78, 5) is 0. The fourth-order valence-electron chi connectivity index (χ4n) is 1.53. The van der Waals surface area contributed by atoms with E-state index in [1.165, 1.54) is 5.56 Å². The van der Waals surface area contributed by atoms with Crippen LogP contribution in [0.2, 0.25) is 0 Å². The predicted molar refractivity (Wildman–Crippen MR) is 81.3 cm³/mol. The number of nitrogens with zero attached hydrogens (tertiary/aromatic N) is 2. The SMILES string of the molecule is Brc1cc(CSc2nnc(-c3ccccc3)o2)cs1. The average Bonchev–Trinajstić information content (AvgIpc) is 3.06. The molecule has 19 heavy (non-hydrogen) atoms. The Morgan fingerprint density at radius 2 is 2.05 bits per heavy atom. The van der Waals surface area contributed by atoms with Crippen molar-refractivity contribution >= 4 is 39.0 Å². The summed E-state index contributed by atoms with van der Waals surface area (Å²) in [5.74, 6) is 1.40. The van der Waals surface area contributed by atoms with Gasteiger partial charge < -0.3 is 4.42 Å². The Morgan fingerprint density at radius 1 is 1.21 bits per heavy atom. The number of thiophene rings is 1. The number of rotatable bonds is 4. The van der Waals surface area contributed by atoms with E-state index in [1.807, 2.05) is 30.3 Å². The summed E-state index contributed by atoms with van der Waals surface area (Å²) in [6, 6.07) is 11.9. The van der Waals surface area contributed by atoms with Gasteiger partial charge in [-0.2, -0.15) is 0 Å². The summed E-state index contributed by atoms with van der Waals surface area (Å²) < 4.78 is 6.77. The molecule has 0 N–H and O–H groups in total. The number of hydrogen-bond donors (Lipinski definition) is 0. The zero-order chi connectivity index (χ0) is 13.1. The highest BCUT2D eigenvalue weighted by atomic mass is 79.9. The molecule has 96 valence electrons. The van der Waals surface area contributed by atoms with Crippen LogP contribution in [0.3, 0.4) is 0 Å². The molecule has 0 amide bonds. The maximum Gasteiger partial charge on any atom is 0.277 e. The summed E-state index contributed by atoms with van der Waals surface area (Å²) in [6.45, 7) is 0. The minimum Gasteiger partial charge on any atom is -0.411 e.